The normalized spacial score (nSPS) is 12.3. The van der Waals surface area contributed by atoms with Crippen LogP contribution < -0.4 is 10.5 Å². The minimum atomic E-state index is -0.477. The number of benzene rings is 1. The molecule has 0 radical (unpaired) electrons. The number of carbonyl (C=O) groups is 1. The van der Waals surface area contributed by atoms with E-state index in [1.54, 1.807) is 0 Å². The molecule has 4 nitrogen and oxygen atoms in total. The van der Waals surface area contributed by atoms with E-state index in [0.29, 0.717) is 5.75 Å². The van der Waals surface area contributed by atoms with Gasteiger partial charge in [-0.25, -0.2) is 0 Å². The molecule has 0 amide bonds. The van der Waals surface area contributed by atoms with Gasteiger partial charge in [0.05, 0.1) is 19.1 Å². The zero-order chi connectivity index (χ0) is 12.8. The quantitative estimate of drug-likeness (QED) is 0.792. The predicted molar refractivity (Wildman–Crippen MR) is 66.0 cm³/mol. The van der Waals surface area contributed by atoms with Gasteiger partial charge in [-0.3, -0.25) is 4.79 Å². The number of methoxy groups -OCH3 is 1. The first-order valence-electron chi connectivity index (χ1n) is 5.63. The highest BCUT2D eigenvalue weighted by atomic mass is 16.5. The molecule has 1 aromatic rings. The van der Waals surface area contributed by atoms with Gasteiger partial charge in [0.1, 0.15) is 5.75 Å². The van der Waals surface area contributed by atoms with Crippen LogP contribution in [0.3, 0.4) is 0 Å². The molecule has 1 unspecified atom stereocenters. The van der Waals surface area contributed by atoms with E-state index >= 15 is 0 Å². The molecule has 2 N–H and O–H groups in total. The van der Waals surface area contributed by atoms with E-state index in [-0.39, 0.29) is 18.6 Å². The lowest BCUT2D eigenvalue weighted by molar-refractivity contribution is -0.142. The summed E-state index contributed by atoms with van der Waals surface area (Å²) < 4.78 is 10.4. The first kappa shape index (κ1) is 13.5. The number of para-hydroxylation sites is 1. The van der Waals surface area contributed by atoms with Crippen molar-refractivity contribution < 1.29 is 14.3 Å². The fourth-order valence-electron chi connectivity index (χ4n) is 1.62. The van der Waals surface area contributed by atoms with Crippen molar-refractivity contribution in [2.45, 2.75) is 25.9 Å². The first-order valence-corrected chi connectivity index (χ1v) is 5.63. The van der Waals surface area contributed by atoms with Crippen LogP contribution in [0, 0.1) is 0 Å². The van der Waals surface area contributed by atoms with E-state index in [2.05, 4.69) is 0 Å². The van der Waals surface area contributed by atoms with Gasteiger partial charge < -0.3 is 15.2 Å². The summed E-state index contributed by atoms with van der Waals surface area (Å²) in [4.78, 5) is 11.6. The second-order valence-corrected chi connectivity index (χ2v) is 4.02. The van der Waals surface area contributed by atoms with Crippen molar-refractivity contribution in [3.8, 4) is 5.75 Å². The van der Waals surface area contributed by atoms with E-state index in [0.717, 1.165) is 5.56 Å². The molecule has 1 rings (SSSR count). The Morgan fingerprint density at radius 2 is 2.00 bits per heavy atom. The lowest BCUT2D eigenvalue weighted by atomic mass is 9.98. The van der Waals surface area contributed by atoms with Crippen molar-refractivity contribution in [1.29, 1.82) is 0 Å². The number of carbonyl (C=O) groups excluding carboxylic acids is 1. The maximum atomic E-state index is 11.6. The molecule has 0 spiro atoms. The lowest BCUT2D eigenvalue weighted by Gasteiger charge is -2.18. The Balaban J connectivity index is 3.05. The second kappa shape index (κ2) is 6.25. The predicted octanol–water partition coefficient (Wildman–Crippen LogP) is 1.69. The summed E-state index contributed by atoms with van der Waals surface area (Å²) in [5.41, 5.74) is 6.40. The molecule has 0 heterocycles. The Morgan fingerprint density at radius 1 is 1.35 bits per heavy atom. The molecule has 0 saturated carbocycles. The van der Waals surface area contributed by atoms with Crippen molar-refractivity contribution in [1.82, 2.24) is 0 Å². The average molecular weight is 237 g/mol. The van der Waals surface area contributed by atoms with Crippen LogP contribution in [0.2, 0.25) is 0 Å². The Kier molecular flexibility index (Phi) is 4.97. The molecule has 1 aromatic carbocycles. The molecule has 0 bridgehead atoms. The molecule has 0 aliphatic rings. The van der Waals surface area contributed by atoms with Crippen molar-refractivity contribution in [3.63, 3.8) is 0 Å². The first-order chi connectivity index (χ1) is 8.10. The van der Waals surface area contributed by atoms with E-state index < -0.39 is 5.92 Å². The van der Waals surface area contributed by atoms with Crippen molar-refractivity contribution in [2.75, 3.05) is 13.7 Å². The Labute approximate surface area is 102 Å². The lowest BCUT2D eigenvalue weighted by Crippen LogP contribution is -2.24. The summed E-state index contributed by atoms with van der Waals surface area (Å²) in [6, 6.07) is 7.40. The van der Waals surface area contributed by atoms with Gasteiger partial charge in [0.25, 0.3) is 0 Å². The van der Waals surface area contributed by atoms with Crippen LogP contribution in [0.1, 0.15) is 25.3 Å². The second-order valence-electron chi connectivity index (χ2n) is 4.02. The topological polar surface area (TPSA) is 61.5 Å². The Morgan fingerprint density at radius 3 is 2.53 bits per heavy atom. The fraction of sp³-hybridized carbons (Fsp3) is 0.462. The number of ether oxygens (including phenoxy) is 2. The number of esters is 1. The average Bonchev–Trinajstić information content (AvgIpc) is 2.31. The van der Waals surface area contributed by atoms with Crippen LogP contribution in [0.15, 0.2) is 24.3 Å². The molecule has 4 heteroatoms. The SMILES string of the molecule is COC(=O)C(CN)c1ccccc1OC(C)C. The standard InChI is InChI=1S/C13H19NO3/c1-9(2)17-12-7-5-4-6-10(12)11(8-14)13(15)16-3/h4-7,9,11H,8,14H2,1-3H3. The highest BCUT2D eigenvalue weighted by molar-refractivity contribution is 5.79. The molecular weight excluding hydrogens is 218 g/mol. The zero-order valence-corrected chi connectivity index (χ0v) is 10.5. The summed E-state index contributed by atoms with van der Waals surface area (Å²) >= 11 is 0. The number of hydrogen-bond acceptors (Lipinski definition) is 4. The maximum Gasteiger partial charge on any atom is 0.314 e. The third-order valence-corrected chi connectivity index (χ3v) is 2.38. The van der Waals surface area contributed by atoms with Crippen LogP contribution in [-0.2, 0) is 9.53 Å². The fourth-order valence-corrected chi connectivity index (χ4v) is 1.62. The van der Waals surface area contributed by atoms with E-state index in [9.17, 15) is 4.79 Å². The molecule has 0 aliphatic carbocycles. The van der Waals surface area contributed by atoms with Crippen molar-refractivity contribution in [2.24, 2.45) is 5.73 Å². The number of nitrogens with two attached hydrogens (primary N) is 1. The van der Waals surface area contributed by atoms with Gasteiger partial charge >= 0.3 is 5.97 Å². The summed E-state index contributed by atoms with van der Waals surface area (Å²) in [5, 5.41) is 0. The molecule has 0 fully saturated rings. The van der Waals surface area contributed by atoms with Gasteiger partial charge in [-0.2, -0.15) is 0 Å². The van der Waals surface area contributed by atoms with Crippen molar-refractivity contribution >= 4 is 5.97 Å². The summed E-state index contributed by atoms with van der Waals surface area (Å²) in [6.45, 7) is 4.07. The number of rotatable bonds is 5. The molecule has 1 atom stereocenters. The van der Waals surface area contributed by atoms with E-state index in [1.807, 2.05) is 38.1 Å². The highest BCUT2D eigenvalue weighted by Gasteiger charge is 2.23. The van der Waals surface area contributed by atoms with Crippen LogP contribution in [0.5, 0.6) is 5.75 Å². The van der Waals surface area contributed by atoms with Crippen LogP contribution in [-0.4, -0.2) is 25.7 Å². The molecule has 17 heavy (non-hydrogen) atoms. The zero-order valence-electron chi connectivity index (χ0n) is 10.5. The van der Waals surface area contributed by atoms with Crippen LogP contribution >= 0.6 is 0 Å². The monoisotopic (exact) mass is 237 g/mol. The van der Waals surface area contributed by atoms with Gasteiger partial charge in [0.15, 0.2) is 0 Å². The van der Waals surface area contributed by atoms with E-state index in [1.165, 1.54) is 7.11 Å². The van der Waals surface area contributed by atoms with Gasteiger partial charge in [0, 0.05) is 12.1 Å². The summed E-state index contributed by atoms with van der Waals surface area (Å²) in [7, 11) is 1.36. The smallest absolute Gasteiger partial charge is 0.314 e. The molecular formula is C13H19NO3. The van der Waals surface area contributed by atoms with Gasteiger partial charge in [-0.05, 0) is 19.9 Å². The molecule has 94 valence electrons. The largest absolute Gasteiger partial charge is 0.491 e. The van der Waals surface area contributed by atoms with Crippen LogP contribution in [0.25, 0.3) is 0 Å². The van der Waals surface area contributed by atoms with Gasteiger partial charge in [-0.15, -0.1) is 0 Å². The highest BCUT2D eigenvalue weighted by Crippen LogP contribution is 2.27. The Hall–Kier alpha value is -1.55. The van der Waals surface area contributed by atoms with E-state index in [4.69, 9.17) is 15.2 Å². The van der Waals surface area contributed by atoms with Crippen LogP contribution in [0.4, 0.5) is 0 Å². The third kappa shape index (κ3) is 3.46. The summed E-state index contributed by atoms with van der Waals surface area (Å²) in [6.07, 6.45) is 0.0484. The minimum absolute atomic E-state index is 0.0484. The molecule has 0 aliphatic heterocycles. The molecule has 0 aromatic heterocycles. The Bertz CT molecular complexity index is 377. The number of hydrogen-bond donors (Lipinski definition) is 1. The third-order valence-electron chi connectivity index (χ3n) is 2.38. The molecule has 0 saturated heterocycles. The minimum Gasteiger partial charge on any atom is -0.491 e. The summed E-state index contributed by atoms with van der Waals surface area (Å²) in [5.74, 6) is -0.134. The van der Waals surface area contributed by atoms with Gasteiger partial charge in [-0.1, -0.05) is 18.2 Å². The maximum absolute atomic E-state index is 11.6. The van der Waals surface area contributed by atoms with Crippen molar-refractivity contribution in [3.05, 3.63) is 29.8 Å². The van der Waals surface area contributed by atoms with Gasteiger partial charge in [0.2, 0.25) is 0 Å².